The molecular formula is C17H42CaN4O7S2. The molecule has 0 heterocycles. The summed E-state index contributed by atoms with van der Waals surface area (Å²) < 4.78 is 5.10. The Morgan fingerprint density at radius 3 is 1.77 bits per heavy atom. The van der Waals surface area contributed by atoms with E-state index in [2.05, 4.69) is 5.32 Å². The molecule has 0 rings (SSSR count). The van der Waals surface area contributed by atoms with Crippen LogP contribution in [0.5, 0.6) is 0 Å². The van der Waals surface area contributed by atoms with Gasteiger partial charge in [-0.15, -0.1) is 0 Å². The molecule has 0 fully saturated rings. The number of aliphatic carboxylic acids is 1. The van der Waals surface area contributed by atoms with Gasteiger partial charge in [-0.2, -0.15) is 23.5 Å². The van der Waals surface area contributed by atoms with Crippen molar-refractivity contribution in [2.75, 3.05) is 36.1 Å². The van der Waals surface area contributed by atoms with Crippen molar-refractivity contribution in [2.45, 2.75) is 58.2 Å². The fourth-order valence-corrected chi connectivity index (χ4v) is 3.08. The van der Waals surface area contributed by atoms with E-state index < -0.39 is 17.1 Å². The maximum atomic E-state index is 11.3. The number of hydrogen-bond acceptors (Lipinski definition) is 10. The van der Waals surface area contributed by atoms with E-state index in [4.69, 9.17) is 27.0 Å². The molecule has 0 aliphatic carbocycles. The van der Waals surface area contributed by atoms with Gasteiger partial charge in [0.1, 0.15) is 11.1 Å². The molecule has 0 aliphatic rings. The first kappa shape index (κ1) is 45.0. The first-order valence-corrected chi connectivity index (χ1v) is 11.1. The maximum absolute atomic E-state index is 11.3. The van der Waals surface area contributed by atoms with Crippen molar-refractivity contribution >= 4 is 73.3 Å². The summed E-state index contributed by atoms with van der Waals surface area (Å²) in [6, 6.07) is 0. The Balaban J connectivity index is -0.0000000937. The molecule has 0 spiro atoms. The van der Waals surface area contributed by atoms with Crippen LogP contribution < -0.4 is 22.5 Å². The van der Waals surface area contributed by atoms with Crippen LogP contribution in [0.2, 0.25) is 0 Å². The topological polar surface area (TPSA) is 245 Å². The number of hydrogen-bond donors (Lipinski definition) is 5. The van der Waals surface area contributed by atoms with E-state index in [-0.39, 0.29) is 65.8 Å². The Hall–Kier alpha value is 0.460. The Bertz CT molecular complexity index is 449. The summed E-state index contributed by atoms with van der Waals surface area (Å²) in [5.74, 6) is 1.91. The predicted molar refractivity (Wildman–Crippen MR) is 130 cm³/mol. The quantitative estimate of drug-likeness (QED) is 0.189. The maximum Gasteiger partial charge on any atom is 2.00 e. The number of ether oxygens (including phenoxy) is 1. The monoisotopic (exact) mass is 518 g/mol. The Kier molecular flexibility index (Phi) is 32.3. The van der Waals surface area contributed by atoms with Crippen molar-refractivity contribution in [2.24, 2.45) is 17.2 Å². The average Bonchev–Trinajstić information content (AvgIpc) is 2.44. The van der Waals surface area contributed by atoms with E-state index in [1.807, 2.05) is 34.6 Å². The molecule has 186 valence electrons. The van der Waals surface area contributed by atoms with Gasteiger partial charge in [-0.3, -0.25) is 4.79 Å². The van der Waals surface area contributed by atoms with Crippen molar-refractivity contribution in [1.29, 1.82) is 0 Å². The molecule has 0 aliphatic heterocycles. The van der Waals surface area contributed by atoms with Crippen molar-refractivity contribution in [1.82, 2.24) is 5.32 Å². The van der Waals surface area contributed by atoms with E-state index in [1.165, 1.54) is 18.7 Å². The van der Waals surface area contributed by atoms with Gasteiger partial charge in [0, 0.05) is 41.6 Å². The molecular weight excluding hydrogens is 476 g/mol. The molecule has 0 saturated carbocycles. The number of carbonyl (C=O) groups excluding carboxylic acids is 1. The number of nitrogens with one attached hydrogen (secondary N) is 1. The number of amides is 1. The fourth-order valence-electron chi connectivity index (χ4n) is 1.30. The molecule has 1 amide bonds. The van der Waals surface area contributed by atoms with Gasteiger partial charge in [-0.05, 0) is 41.5 Å². The standard InChI is InChI=1S/C11H24N2O2S.C6H14N2O2S.Ca.3H2O/c1-10(2,3)15-9(14)13-6-7-16-8-11(4,5)12;1-6(8,5(9)10)4-11-3-2-7;;;;/h6-8,12H2,1-5H3,(H,13,14);2-4,7-8H2,1H3,(H,9,10);;3*1H2/q;;+2;;;/p-2/t;6-;;;;/m.0..../s1. The van der Waals surface area contributed by atoms with Crippen LogP contribution in [0.1, 0.15) is 41.5 Å². The third kappa shape index (κ3) is 35.2. The number of nitrogens with two attached hydrogens (primary N) is 3. The van der Waals surface area contributed by atoms with Crippen LogP contribution in [0.25, 0.3) is 0 Å². The van der Waals surface area contributed by atoms with Gasteiger partial charge >= 0.3 is 49.8 Å². The van der Waals surface area contributed by atoms with Crippen LogP contribution in [0.15, 0.2) is 0 Å². The van der Waals surface area contributed by atoms with Crippen molar-refractivity contribution < 1.29 is 35.9 Å². The van der Waals surface area contributed by atoms with Crippen molar-refractivity contribution in [3.05, 3.63) is 0 Å². The summed E-state index contributed by atoms with van der Waals surface area (Å²) in [4.78, 5) is 21.7. The van der Waals surface area contributed by atoms with Gasteiger partial charge in [0.2, 0.25) is 0 Å². The van der Waals surface area contributed by atoms with Crippen LogP contribution in [-0.2, 0) is 9.53 Å². The average molecular weight is 519 g/mol. The van der Waals surface area contributed by atoms with Gasteiger partial charge in [0.25, 0.3) is 0 Å². The number of alkyl carbamates (subject to hydrolysis) is 1. The Morgan fingerprint density at radius 1 is 0.968 bits per heavy atom. The predicted octanol–water partition coefficient (Wildman–Crippen LogP) is -0.0972. The molecule has 0 bridgehead atoms. The molecule has 0 unspecified atom stereocenters. The Morgan fingerprint density at radius 2 is 1.42 bits per heavy atom. The second kappa shape index (κ2) is 22.3. The summed E-state index contributed by atoms with van der Waals surface area (Å²) in [6.45, 7) is 12.2. The van der Waals surface area contributed by atoms with E-state index in [0.717, 1.165) is 17.3 Å². The second-order valence-corrected chi connectivity index (χ2v) is 10.2. The molecule has 14 heteroatoms. The molecule has 11 nitrogen and oxygen atoms in total. The summed E-state index contributed by atoms with van der Waals surface area (Å²) >= 11 is 3.18. The zero-order valence-corrected chi connectivity index (χ0v) is 23.4. The minimum atomic E-state index is -1.13. The van der Waals surface area contributed by atoms with E-state index >= 15 is 0 Å². The van der Waals surface area contributed by atoms with Crippen LogP contribution in [0.4, 0.5) is 4.79 Å². The second-order valence-electron chi connectivity index (χ2n) is 8.03. The van der Waals surface area contributed by atoms with Crippen LogP contribution >= 0.6 is 23.5 Å². The number of thioether (sulfide) groups is 2. The third-order valence-electron chi connectivity index (χ3n) is 2.54. The third-order valence-corrected chi connectivity index (χ3v) is 5.31. The fraction of sp³-hybridized carbons (Fsp3) is 0.882. The zero-order chi connectivity index (χ0) is 21.7. The summed E-state index contributed by atoms with van der Waals surface area (Å²) in [5, 5.41) is 11.3. The van der Waals surface area contributed by atoms with Crippen LogP contribution in [0.3, 0.4) is 0 Å². The van der Waals surface area contributed by atoms with Crippen molar-refractivity contribution in [3.8, 4) is 0 Å². The van der Waals surface area contributed by atoms with Gasteiger partial charge < -0.3 is 48.8 Å². The molecule has 0 aromatic carbocycles. The molecule has 0 aromatic rings. The van der Waals surface area contributed by atoms with Crippen LogP contribution in [-0.4, -0.2) is 124 Å². The van der Waals surface area contributed by atoms with Gasteiger partial charge in [0.05, 0.1) is 0 Å². The number of carbonyl (C=O) groups is 2. The number of carboxylic acid groups (broad SMARTS) is 1. The smallest absolute Gasteiger partial charge is 0.870 e. The van der Waals surface area contributed by atoms with Gasteiger partial charge in [-0.25, -0.2) is 4.79 Å². The molecule has 0 radical (unpaired) electrons. The van der Waals surface area contributed by atoms with E-state index in [1.54, 1.807) is 11.8 Å². The SMILES string of the molecule is CC(C)(N)CSCCNC(=O)OC(C)(C)C.C[C@](N)(CSCCN)C(=O)O.O.[Ca+2].[OH-].[OH-]. The van der Waals surface area contributed by atoms with Crippen LogP contribution in [0, 0.1) is 0 Å². The summed E-state index contributed by atoms with van der Waals surface area (Å²) in [5.41, 5.74) is 14.8. The van der Waals surface area contributed by atoms with E-state index in [9.17, 15) is 9.59 Å². The molecule has 0 aromatic heterocycles. The summed E-state index contributed by atoms with van der Waals surface area (Å²) in [6.07, 6.45) is -0.361. The van der Waals surface area contributed by atoms with Gasteiger partial charge in [0.15, 0.2) is 0 Å². The van der Waals surface area contributed by atoms with E-state index in [0.29, 0.717) is 18.8 Å². The minimum Gasteiger partial charge on any atom is -0.870 e. The molecule has 12 N–H and O–H groups in total. The Labute approximate surface area is 224 Å². The summed E-state index contributed by atoms with van der Waals surface area (Å²) in [7, 11) is 0. The largest absolute Gasteiger partial charge is 2.00 e. The molecule has 1 atom stereocenters. The zero-order valence-electron chi connectivity index (χ0n) is 19.6. The normalized spacial score (nSPS) is 12.0. The van der Waals surface area contributed by atoms with Gasteiger partial charge in [-0.1, -0.05) is 0 Å². The number of carboxylic acids is 1. The first-order valence-electron chi connectivity index (χ1n) is 8.74. The van der Waals surface area contributed by atoms with Crippen molar-refractivity contribution in [3.63, 3.8) is 0 Å². The number of rotatable bonds is 10. The minimum absolute atomic E-state index is 0. The first-order chi connectivity index (χ1) is 12.1. The molecule has 0 saturated heterocycles. The molecule has 31 heavy (non-hydrogen) atoms.